The van der Waals surface area contributed by atoms with Gasteiger partial charge in [0.2, 0.25) is 0 Å². The molecule has 1 aliphatic rings. The van der Waals surface area contributed by atoms with Crippen LogP contribution in [-0.4, -0.2) is 29.7 Å². The lowest BCUT2D eigenvalue weighted by molar-refractivity contribution is -0.114. The highest BCUT2D eigenvalue weighted by atomic mass is 16.2. The molecular formula is C27H36N4O. The summed E-state index contributed by atoms with van der Waals surface area (Å²) in [6.45, 7) is 10.0. The van der Waals surface area contributed by atoms with Crippen LogP contribution in [0.4, 0.5) is 5.69 Å². The molecule has 2 heterocycles. The van der Waals surface area contributed by atoms with Gasteiger partial charge in [-0.1, -0.05) is 56.7 Å². The molecule has 0 aliphatic carbocycles. The van der Waals surface area contributed by atoms with Gasteiger partial charge in [-0.3, -0.25) is 4.79 Å². The molecular weight excluding hydrogens is 396 g/mol. The second-order valence-corrected chi connectivity index (χ2v) is 8.96. The second kappa shape index (κ2) is 11.0. The van der Waals surface area contributed by atoms with Gasteiger partial charge in [0.1, 0.15) is 0 Å². The Morgan fingerprint density at radius 3 is 2.81 bits per heavy atom. The van der Waals surface area contributed by atoms with Crippen molar-refractivity contribution in [2.24, 2.45) is 11.0 Å². The molecule has 1 amide bonds. The number of carbonyl (C=O) groups excluding carboxylic acids is 1. The summed E-state index contributed by atoms with van der Waals surface area (Å²) in [4.78, 5) is 18.0. The van der Waals surface area contributed by atoms with Crippen molar-refractivity contribution < 1.29 is 4.79 Å². The van der Waals surface area contributed by atoms with E-state index >= 15 is 0 Å². The third kappa shape index (κ3) is 6.00. The number of aromatic nitrogens is 1. The summed E-state index contributed by atoms with van der Waals surface area (Å²) in [6, 6.07) is 8.60. The van der Waals surface area contributed by atoms with E-state index in [1.807, 2.05) is 25.1 Å². The molecule has 2 N–H and O–H groups in total. The number of nitrogens with one attached hydrogen (secondary N) is 2. The second-order valence-electron chi connectivity index (χ2n) is 8.96. The smallest absolute Gasteiger partial charge is 0.253 e. The molecule has 2 aromatic rings. The number of likely N-dealkylation sites (N-methyl/N-ethyl adjacent to an activating group) is 1. The number of aromatic amines is 1. The first-order chi connectivity index (χ1) is 15.4. The number of benzene rings is 1. The Morgan fingerprint density at radius 2 is 2.03 bits per heavy atom. The fraction of sp³-hybridized carbons (Fsp3) is 0.407. The number of H-pyrrole nitrogens is 1. The van der Waals surface area contributed by atoms with E-state index in [4.69, 9.17) is 5.10 Å². The number of hydrogen-bond acceptors (Lipinski definition) is 3. The molecule has 0 radical (unpaired) electrons. The average molecular weight is 433 g/mol. The maximum Gasteiger partial charge on any atom is 0.253 e. The Labute approximate surface area is 192 Å². The number of carbonyl (C=O) groups is 1. The van der Waals surface area contributed by atoms with Crippen molar-refractivity contribution in [3.8, 4) is 0 Å². The number of fused-ring (bicyclic) bond motifs is 1. The summed E-state index contributed by atoms with van der Waals surface area (Å²) in [7, 11) is 1.81. The van der Waals surface area contributed by atoms with Gasteiger partial charge in [0.25, 0.3) is 5.91 Å². The molecule has 1 aromatic carbocycles. The molecule has 1 aliphatic heterocycles. The Hall–Kier alpha value is -3.08. The maximum atomic E-state index is 12.8. The van der Waals surface area contributed by atoms with Gasteiger partial charge in [-0.2, -0.15) is 5.10 Å². The summed E-state index contributed by atoms with van der Waals surface area (Å²) >= 11 is 0. The zero-order valence-corrected chi connectivity index (χ0v) is 19.8. The quantitative estimate of drug-likeness (QED) is 0.443. The third-order valence-corrected chi connectivity index (χ3v) is 6.08. The van der Waals surface area contributed by atoms with Crippen molar-refractivity contribution in [1.82, 2.24) is 10.4 Å². The first kappa shape index (κ1) is 23.6. The van der Waals surface area contributed by atoms with Gasteiger partial charge in [0, 0.05) is 35.3 Å². The summed E-state index contributed by atoms with van der Waals surface area (Å²) < 4.78 is 0. The van der Waals surface area contributed by atoms with Crippen LogP contribution in [0.2, 0.25) is 0 Å². The van der Waals surface area contributed by atoms with Gasteiger partial charge in [-0.15, -0.1) is 0 Å². The van der Waals surface area contributed by atoms with Crippen molar-refractivity contribution >= 4 is 28.2 Å². The van der Waals surface area contributed by atoms with E-state index in [0.717, 1.165) is 53.2 Å². The number of nitrogens with zero attached hydrogens (tertiary/aromatic N) is 2. The predicted octanol–water partition coefficient (Wildman–Crippen LogP) is 6.10. The summed E-state index contributed by atoms with van der Waals surface area (Å²) in [5.41, 5.74) is 8.00. The van der Waals surface area contributed by atoms with Gasteiger partial charge in [0.05, 0.1) is 11.4 Å². The van der Waals surface area contributed by atoms with Crippen molar-refractivity contribution in [3.05, 3.63) is 66.4 Å². The Balaban J connectivity index is 1.82. The summed E-state index contributed by atoms with van der Waals surface area (Å²) in [5.74, 6) is 0.700. The van der Waals surface area contributed by atoms with E-state index in [2.05, 4.69) is 43.0 Å². The lowest BCUT2D eigenvalue weighted by Gasteiger charge is -2.19. The van der Waals surface area contributed by atoms with E-state index in [1.165, 1.54) is 12.8 Å². The molecule has 32 heavy (non-hydrogen) atoms. The van der Waals surface area contributed by atoms with Crippen molar-refractivity contribution in [1.29, 1.82) is 0 Å². The average Bonchev–Trinajstić information content (AvgIpc) is 3.20. The molecule has 2 atom stereocenters. The van der Waals surface area contributed by atoms with E-state index in [9.17, 15) is 4.79 Å². The van der Waals surface area contributed by atoms with Gasteiger partial charge in [-0.25, -0.2) is 0 Å². The number of rotatable bonds is 5. The summed E-state index contributed by atoms with van der Waals surface area (Å²) in [5, 5.41) is 5.88. The number of anilines is 1. The van der Waals surface area contributed by atoms with Crippen LogP contribution in [-0.2, 0) is 4.79 Å². The van der Waals surface area contributed by atoms with Crippen molar-refractivity contribution in [2.45, 2.75) is 58.9 Å². The minimum absolute atomic E-state index is 0.0334. The fourth-order valence-corrected chi connectivity index (χ4v) is 4.21. The van der Waals surface area contributed by atoms with Crippen LogP contribution in [0.3, 0.4) is 0 Å². The molecule has 0 bridgehead atoms. The van der Waals surface area contributed by atoms with Gasteiger partial charge < -0.3 is 15.3 Å². The van der Waals surface area contributed by atoms with Gasteiger partial charge >= 0.3 is 0 Å². The largest absolute Gasteiger partial charge is 0.353 e. The van der Waals surface area contributed by atoms with E-state index in [0.29, 0.717) is 11.6 Å². The standard InChI is InChI=1S/C27H36N4O/c1-6-7-8-12-20(3)27(32)31(5)23-15-14-22-17-26(28-25(22)18-23)24-13-10-9-11-19(2)16-21(4)29-30-24/h6-8,12,14-15,17-19,21,28-29H,1,9-11,13,16H2,2-5H3/b8-7-,20-12+,30-24+. The molecule has 5 nitrogen and oxygen atoms in total. The van der Waals surface area contributed by atoms with E-state index in [1.54, 1.807) is 30.2 Å². The number of hydrazone groups is 1. The Kier molecular flexibility index (Phi) is 8.09. The van der Waals surface area contributed by atoms with Gasteiger partial charge in [-0.05, 0) is 57.2 Å². The highest BCUT2D eigenvalue weighted by Gasteiger charge is 2.16. The van der Waals surface area contributed by atoms with E-state index < -0.39 is 0 Å². The molecule has 0 saturated heterocycles. The van der Waals surface area contributed by atoms with Crippen LogP contribution >= 0.6 is 0 Å². The maximum absolute atomic E-state index is 12.8. The van der Waals surface area contributed by atoms with Crippen LogP contribution in [0.5, 0.6) is 0 Å². The molecule has 5 heteroatoms. The molecule has 2 unspecified atom stereocenters. The minimum Gasteiger partial charge on any atom is -0.353 e. The van der Waals surface area contributed by atoms with Crippen LogP contribution in [0.25, 0.3) is 10.9 Å². The lowest BCUT2D eigenvalue weighted by atomic mass is 9.95. The summed E-state index contributed by atoms with van der Waals surface area (Å²) in [6.07, 6.45) is 12.9. The van der Waals surface area contributed by atoms with Crippen molar-refractivity contribution in [3.63, 3.8) is 0 Å². The zero-order valence-electron chi connectivity index (χ0n) is 19.8. The SMILES string of the molecule is C=C/C=C\C=C(/C)C(=O)N(C)c1ccc2cc(/C3=N/NC(C)CC(C)CCCC3)[nH]c2c1. The number of amides is 1. The van der Waals surface area contributed by atoms with Crippen LogP contribution in [0.15, 0.2) is 65.8 Å². The molecule has 1 aromatic heterocycles. The lowest BCUT2D eigenvalue weighted by Crippen LogP contribution is -2.26. The number of hydrogen-bond donors (Lipinski definition) is 2. The van der Waals surface area contributed by atoms with Crippen molar-refractivity contribution in [2.75, 3.05) is 11.9 Å². The first-order valence-electron chi connectivity index (χ1n) is 11.6. The molecule has 0 saturated carbocycles. The monoisotopic (exact) mass is 432 g/mol. The third-order valence-electron chi connectivity index (χ3n) is 6.08. The molecule has 170 valence electrons. The topological polar surface area (TPSA) is 60.5 Å². The van der Waals surface area contributed by atoms with Crippen LogP contribution < -0.4 is 10.3 Å². The molecule has 3 rings (SSSR count). The van der Waals surface area contributed by atoms with Crippen LogP contribution in [0.1, 0.15) is 58.6 Å². The van der Waals surface area contributed by atoms with Crippen LogP contribution in [0, 0.1) is 5.92 Å². The first-order valence-corrected chi connectivity index (χ1v) is 11.6. The highest BCUT2D eigenvalue weighted by Crippen LogP contribution is 2.25. The zero-order chi connectivity index (χ0) is 23.1. The highest BCUT2D eigenvalue weighted by molar-refractivity contribution is 6.07. The fourth-order valence-electron chi connectivity index (χ4n) is 4.21. The van der Waals surface area contributed by atoms with Gasteiger partial charge in [0.15, 0.2) is 0 Å². The Bertz CT molecular complexity index is 1040. The number of allylic oxidation sites excluding steroid dienone is 4. The molecule has 0 fully saturated rings. The van der Waals surface area contributed by atoms with E-state index in [-0.39, 0.29) is 5.91 Å². The molecule has 0 spiro atoms. The Morgan fingerprint density at radius 1 is 1.22 bits per heavy atom. The predicted molar refractivity (Wildman–Crippen MR) is 136 cm³/mol. The normalized spacial score (nSPS) is 22.2. The minimum atomic E-state index is -0.0334.